The number of benzene rings is 1. The third-order valence-corrected chi connectivity index (χ3v) is 6.43. The van der Waals surface area contributed by atoms with Crippen LogP contribution in [0.4, 0.5) is 0 Å². The molecular weight excluding hydrogens is 396 g/mol. The average Bonchev–Trinajstić information content (AvgIpc) is 3.00. The van der Waals surface area contributed by atoms with Gasteiger partial charge < -0.3 is 9.88 Å². The first-order chi connectivity index (χ1) is 14.2. The van der Waals surface area contributed by atoms with Gasteiger partial charge in [0.15, 0.2) is 5.78 Å². The van der Waals surface area contributed by atoms with Crippen LogP contribution in [0, 0.1) is 47.8 Å². The van der Waals surface area contributed by atoms with Gasteiger partial charge in [0.25, 0.3) is 0 Å². The maximum atomic E-state index is 13.0. The Kier molecular flexibility index (Phi) is 5.87. The van der Waals surface area contributed by atoms with Crippen molar-refractivity contribution in [1.82, 2.24) is 9.88 Å². The highest BCUT2D eigenvalue weighted by atomic mass is 32.2. The number of ketones is 1. The molecule has 1 aromatic heterocycles. The predicted octanol–water partition coefficient (Wildman–Crippen LogP) is 4.04. The minimum absolute atomic E-state index is 0.0766. The van der Waals surface area contributed by atoms with Crippen molar-refractivity contribution in [3.05, 3.63) is 64.0 Å². The van der Waals surface area contributed by atoms with Crippen molar-refractivity contribution in [2.75, 3.05) is 5.75 Å². The fourth-order valence-corrected chi connectivity index (χ4v) is 4.83. The van der Waals surface area contributed by atoms with Gasteiger partial charge in [0.1, 0.15) is 5.92 Å². The molecule has 0 radical (unpaired) electrons. The lowest BCUT2D eigenvalue weighted by atomic mass is 9.72. The average molecular weight is 419 g/mol. The molecule has 0 bridgehead atoms. The smallest absolute Gasteiger partial charge is 0.243 e. The number of aromatic nitrogens is 1. The van der Waals surface area contributed by atoms with E-state index in [1.54, 1.807) is 13.8 Å². The van der Waals surface area contributed by atoms with Crippen molar-refractivity contribution in [2.24, 2.45) is 11.3 Å². The molecule has 1 atom stereocenters. The third kappa shape index (κ3) is 3.65. The van der Waals surface area contributed by atoms with E-state index in [1.165, 1.54) is 0 Å². The van der Waals surface area contributed by atoms with Crippen molar-refractivity contribution in [2.45, 2.75) is 27.7 Å². The van der Waals surface area contributed by atoms with E-state index in [4.69, 9.17) is 0 Å². The summed E-state index contributed by atoms with van der Waals surface area (Å²) in [6.07, 6.45) is 0. The molecular formula is C23H22N4O2S. The molecule has 1 aliphatic heterocycles. The first-order valence-corrected chi connectivity index (χ1v) is 10.5. The zero-order chi connectivity index (χ0) is 22.1. The monoisotopic (exact) mass is 418 g/mol. The van der Waals surface area contributed by atoms with Crippen molar-refractivity contribution >= 4 is 23.5 Å². The lowest BCUT2D eigenvalue weighted by Gasteiger charge is -2.34. The highest BCUT2D eigenvalue weighted by Crippen LogP contribution is 2.42. The molecule has 1 aromatic carbocycles. The maximum absolute atomic E-state index is 13.0. The molecule has 3 rings (SSSR count). The minimum atomic E-state index is -0.947. The number of allylic oxidation sites excluding steroid dienone is 1. The van der Waals surface area contributed by atoms with E-state index in [0.717, 1.165) is 28.8 Å². The number of thioether (sulfide) groups is 1. The Morgan fingerprint density at radius 3 is 2.50 bits per heavy atom. The normalized spacial score (nSPS) is 17.8. The quantitative estimate of drug-likeness (QED) is 0.739. The van der Waals surface area contributed by atoms with Gasteiger partial charge in [-0.2, -0.15) is 10.5 Å². The van der Waals surface area contributed by atoms with E-state index in [1.807, 2.05) is 60.9 Å². The van der Waals surface area contributed by atoms with Gasteiger partial charge in [-0.05, 0) is 32.0 Å². The summed E-state index contributed by atoms with van der Waals surface area (Å²) in [6.45, 7) is 7.26. The number of hydrogen-bond donors (Lipinski definition) is 1. The fraction of sp³-hybridized carbons (Fsp3) is 0.304. The number of amides is 1. The van der Waals surface area contributed by atoms with Gasteiger partial charge in [0.2, 0.25) is 5.91 Å². The maximum Gasteiger partial charge on any atom is 0.243 e. The molecule has 1 N–H and O–H groups in total. The Morgan fingerprint density at radius 1 is 1.23 bits per heavy atom. The Labute approximate surface area is 180 Å². The Balaban J connectivity index is 1.86. The molecule has 6 nitrogen and oxygen atoms in total. The number of nitrogens with zero attached hydrogens (tertiary/aromatic N) is 3. The zero-order valence-corrected chi connectivity index (χ0v) is 18.1. The van der Waals surface area contributed by atoms with Crippen LogP contribution in [0.2, 0.25) is 0 Å². The standard InChI is InChI=1S/C23H22N4O2S/c1-14-10-17(15(2)27(14)16-8-6-5-7-9-16)20(28)13-30-22-19(12-25)23(3,4)18(11-24)21(29)26-22/h5-10,18H,13H2,1-4H3,(H,26,29). The van der Waals surface area contributed by atoms with Crippen LogP contribution in [-0.4, -0.2) is 22.0 Å². The first-order valence-electron chi connectivity index (χ1n) is 9.48. The number of carbonyl (C=O) groups is 2. The summed E-state index contributed by atoms with van der Waals surface area (Å²) in [5.41, 5.74) is 2.79. The van der Waals surface area contributed by atoms with E-state index in [0.29, 0.717) is 16.2 Å². The number of Topliss-reactive ketones (excluding diaryl/α,β-unsaturated/α-hetero) is 1. The number of para-hydroxylation sites is 1. The second kappa shape index (κ2) is 8.22. The van der Waals surface area contributed by atoms with E-state index in [9.17, 15) is 20.1 Å². The van der Waals surface area contributed by atoms with E-state index in [2.05, 4.69) is 11.4 Å². The first kappa shape index (κ1) is 21.4. The van der Waals surface area contributed by atoms with Crippen LogP contribution < -0.4 is 5.32 Å². The van der Waals surface area contributed by atoms with Crippen molar-refractivity contribution < 1.29 is 9.59 Å². The van der Waals surface area contributed by atoms with E-state index >= 15 is 0 Å². The van der Waals surface area contributed by atoms with Gasteiger partial charge in [-0.25, -0.2) is 0 Å². The summed E-state index contributed by atoms with van der Waals surface area (Å²) in [4.78, 5) is 25.3. The molecule has 0 aliphatic carbocycles. The highest BCUT2D eigenvalue weighted by Gasteiger charge is 2.44. The Morgan fingerprint density at radius 2 is 1.90 bits per heavy atom. The molecule has 0 saturated carbocycles. The van der Waals surface area contributed by atoms with Gasteiger partial charge in [0, 0.05) is 28.1 Å². The van der Waals surface area contributed by atoms with Crippen molar-refractivity contribution in [3.8, 4) is 17.8 Å². The van der Waals surface area contributed by atoms with Crippen LogP contribution in [0.25, 0.3) is 5.69 Å². The molecule has 1 amide bonds. The third-order valence-electron chi connectivity index (χ3n) is 5.43. The predicted molar refractivity (Wildman–Crippen MR) is 116 cm³/mol. The lowest BCUT2D eigenvalue weighted by Crippen LogP contribution is -2.44. The van der Waals surface area contributed by atoms with Gasteiger partial charge in [-0.1, -0.05) is 43.8 Å². The molecule has 0 spiro atoms. The summed E-state index contributed by atoms with van der Waals surface area (Å²) in [7, 11) is 0. The highest BCUT2D eigenvalue weighted by molar-refractivity contribution is 8.03. The van der Waals surface area contributed by atoms with Crippen LogP contribution in [0.1, 0.15) is 35.6 Å². The van der Waals surface area contributed by atoms with Gasteiger partial charge in [-0.3, -0.25) is 9.59 Å². The molecule has 7 heteroatoms. The number of carbonyl (C=O) groups excluding carboxylic acids is 2. The van der Waals surface area contributed by atoms with E-state index in [-0.39, 0.29) is 11.5 Å². The number of nitrogens with one attached hydrogen (secondary N) is 1. The molecule has 30 heavy (non-hydrogen) atoms. The number of hydrogen-bond acceptors (Lipinski definition) is 5. The topological polar surface area (TPSA) is 98.7 Å². The molecule has 0 fully saturated rings. The van der Waals surface area contributed by atoms with Crippen LogP contribution >= 0.6 is 11.8 Å². The molecule has 2 aromatic rings. The second-order valence-electron chi connectivity index (χ2n) is 7.76. The summed E-state index contributed by atoms with van der Waals surface area (Å²) in [6, 6.07) is 15.8. The number of aryl methyl sites for hydroxylation is 1. The minimum Gasteiger partial charge on any atom is -0.319 e. The van der Waals surface area contributed by atoms with Gasteiger partial charge >= 0.3 is 0 Å². The van der Waals surface area contributed by atoms with Crippen molar-refractivity contribution in [1.29, 1.82) is 10.5 Å². The number of nitriles is 2. The summed E-state index contributed by atoms with van der Waals surface area (Å²) in [5.74, 6) is -1.40. The molecule has 152 valence electrons. The second-order valence-corrected chi connectivity index (χ2v) is 8.74. The van der Waals surface area contributed by atoms with Gasteiger partial charge in [-0.15, -0.1) is 0 Å². The molecule has 1 unspecified atom stereocenters. The van der Waals surface area contributed by atoms with Crippen LogP contribution in [0.3, 0.4) is 0 Å². The SMILES string of the molecule is Cc1cc(C(=O)CSC2=C(C#N)C(C)(C)C(C#N)C(=O)N2)c(C)n1-c1ccccc1. The zero-order valence-electron chi connectivity index (χ0n) is 17.3. The van der Waals surface area contributed by atoms with Gasteiger partial charge in [0.05, 0.1) is 28.5 Å². The molecule has 2 heterocycles. The van der Waals surface area contributed by atoms with Crippen LogP contribution in [-0.2, 0) is 4.79 Å². The summed E-state index contributed by atoms with van der Waals surface area (Å²) < 4.78 is 2.03. The molecule has 1 aliphatic rings. The summed E-state index contributed by atoms with van der Waals surface area (Å²) in [5, 5.41) is 21.9. The lowest BCUT2D eigenvalue weighted by molar-refractivity contribution is -0.125. The largest absolute Gasteiger partial charge is 0.319 e. The van der Waals surface area contributed by atoms with Crippen molar-refractivity contribution in [3.63, 3.8) is 0 Å². The van der Waals surface area contributed by atoms with Crippen LogP contribution in [0.5, 0.6) is 0 Å². The Hall–Kier alpha value is -3.29. The van der Waals surface area contributed by atoms with E-state index < -0.39 is 17.2 Å². The summed E-state index contributed by atoms with van der Waals surface area (Å²) >= 11 is 1.13. The fourth-order valence-electron chi connectivity index (χ4n) is 3.77. The Bertz CT molecular complexity index is 1130. The molecule has 0 saturated heterocycles. The number of rotatable bonds is 5. The van der Waals surface area contributed by atoms with Crippen LogP contribution in [0.15, 0.2) is 47.0 Å².